The maximum Gasteiger partial charge on any atom is 0.309 e. The Hall–Kier alpha value is -2.44. The highest BCUT2D eigenvalue weighted by molar-refractivity contribution is 5.92. The lowest BCUT2D eigenvalue weighted by molar-refractivity contribution is -0.147. The van der Waals surface area contributed by atoms with E-state index in [4.69, 9.17) is 0 Å². The average Bonchev–Trinajstić information content (AvgIpc) is 3.42. The third kappa shape index (κ3) is 2.55. The number of rotatable bonds is 3. The van der Waals surface area contributed by atoms with Crippen molar-refractivity contribution >= 4 is 17.8 Å². The molecule has 3 aliphatic rings. The second kappa shape index (κ2) is 6.04. The van der Waals surface area contributed by atoms with Gasteiger partial charge in [0.1, 0.15) is 5.82 Å². The van der Waals surface area contributed by atoms with Crippen molar-refractivity contribution in [2.45, 2.75) is 43.1 Å². The van der Waals surface area contributed by atoms with Crippen LogP contribution in [0.3, 0.4) is 0 Å². The molecule has 0 aromatic heterocycles. The molecule has 1 spiro atoms. The predicted molar refractivity (Wildman–Crippen MR) is 94.4 cm³/mol. The van der Waals surface area contributed by atoms with Gasteiger partial charge in [0.2, 0.25) is 11.8 Å². The number of likely N-dealkylation sites (tertiary alicyclic amines) is 2. The maximum atomic E-state index is 14.2. The van der Waals surface area contributed by atoms with Gasteiger partial charge in [-0.2, -0.15) is 0 Å². The van der Waals surface area contributed by atoms with Crippen molar-refractivity contribution < 1.29 is 23.9 Å². The lowest BCUT2D eigenvalue weighted by Gasteiger charge is -2.46. The number of carboxylic acids is 1. The van der Waals surface area contributed by atoms with Crippen molar-refractivity contribution in [3.63, 3.8) is 0 Å². The zero-order chi connectivity index (χ0) is 19.4. The van der Waals surface area contributed by atoms with Crippen LogP contribution in [0.5, 0.6) is 0 Å². The van der Waals surface area contributed by atoms with Gasteiger partial charge in [-0.25, -0.2) is 4.39 Å². The number of amides is 2. The van der Waals surface area contributed by atoms with Gasteiger partial charge in [-0.1, -0.05) is 18.2 Å². The van der Waals surface area contributed by atoms with Crippen molar-refractivity contribution in [3.8, 4) is 0 Å². The van der Waals surface area contributed by atoms with E-state index >= 15 is 0 Å². The number of carboxylic acid groups (broad SMARTS) is 1. The van der Waals surface area contributed by atoms with Crippen molar-refractivity contribution in [1.29, 1.82) is 0 Å². The predicted octanol–water partition coefficient (Wildman–Crippen LogP) is 1.78. The Morgan fingerprint density at radius 1 is 1.15 bits per heavy atom. The lowest BCUT2D eigenvalue weighted by atomic mass is 9.76. The van der Waals surface area contributed by atoms with Crippen LogP contribution in [-0.2, 0) is 19.8 Å². The van der Waals surface area contributed by atoms with Crippen LogP contribution in [-0.4, -0.2) is 58.4 Å². The number of halogens is 1. The highest BCUT2D eigenvalue weighted by Gasteiger charge is 2.58. The molecular weight excluding hydrogens is 351 g/mol. The maximum absolute atomic E-state index is 14.2. The molecule has 2 amide bonds. The largest absolute Gasteiger partial charge is 0.481 e. The van der Waals surface area contributed by atoms with Crippen LogP contribution in [0.15, 0.2) is 24.3 Å². The minimum absolute atomic E-state index is 0.0128. The lowest BCUT2D eigenvalue weighted by Crippen LogP contribution is -2.58. The van der Waals surface area contributed by atoms with Gasteiger partial charge in [0.15, 0.2) is 0 Å². The van der Waals surface area contributed by atoms with Gasteiger partial charge in [0.25, 0.3) is 0 Å². The Bertz CT molecular complexity index is 812. The fourth-order valence-electron chi connectivity index (χ4n) is 4.96. The van der Waals surface area contributed by atoms with E-state index in [1.54, 1.807) is 35.0 Å². The van der Waals surface area contributed by atoms with Crippen LogP contribution in [0, 0.1) is 11.7 Å². The number of benzene rings is 1. The molecule has 4 rings (SSSR count). The van der Waals surface area contributed by atoms with Crippen molar-refractivity contribution in [2.75, 3.05) is 20.1 Å². The molecular formula is C20H23FN2O4. The van der Waals surface area contributed by atoms with Crippen molar-refractivity contribution in [3.05, 3.63) is 35.6 Å². The van der Waals surface area contributed by atoms with Crippen LogP contribution in [0.25, 0.3) is 0 Å². The molecule has 1 aromatic carbocycles. The SMILES string of the molecule is CN1C(=O)CC(C(=O)O)C12CCN(C(=O)C1(c3ccccc3F)CC1)CC2. The number of carbonyl (C=O) groups is 3. The average molecular weight is 374 g/mol. The number of aliphatic carboxylic acids is 1. The van der Waals surface area contributed by atoms with E-state index in [0.717, 1.165) is 0 Å². The van der Waals surface area contributed by atoms with Crippen LogP contribution >= 0.6 is 0 Å². The molecule has 144 valence electrons. The van der Waals surface area contributed by atoms with Crippen LogP contribution in [0.4, 0.5) is 4.39 Å². The highest BCUT2D eigenvalue weighted by atomic mass is 19.1. The summed E-state index contributed by atoms with van der Waals surface area (Å²) in [6.07, 6.45) is 2.14. The standard InChI is InChI=1S/C20H23FN2O4/c1-22-16(24)12-14(17(25)26)20(22)8-10-23(11-9-20)18(27)19(6-7-19)13-4-2-3-5-15(13)21/h2-5,14H,6-12H2,1H3,(H,25,26). The summed E-state index contributed by atoms with van der Waals surface area (Å²) >= 11 is 0. The van der Waals surface area contributed by atoms with Gasteiger partial charge < -0.3 is 14.9 Å². The smallest absolute Gasteiger partial charge is 0.309 e. The van der Waals surface area contributed by atoms with Gasteiger partial charge in [-0.15, -0.1) is 0 Å². The number of hydrogen-bond donors (Lipinski definition) is 1. The molecule has 3 fully saturated rings. The van der Waals surface area contributed by atoms with E-state index in [2.05, 4.69) is 0 Å². The second-order valence-electron chi connectivity index (χ2n) is 8.01. The number of piperidine rings is 1. The van der Waals surface area contributed by atoms with Gasteiger partial charge in [0, 0.05) is 32.1 Å². The molecule has 1 saturated carbocycles. The third-order valence-electron chi connectivity index (χ3n) is 6.83. The molecule has 27 heavy (non-hydrogen) atoms. The van der Waals surface area contributed by atoms with Gasteiger partial charge >= 0.3 is 5.97 Å². The first-order valence-electron chi connectivity index (χ1n) is 9.36. The van der Waals surface area contributed by atoms with E-state index in [0.29, 0.717) is 44.3 Å². The first-order chi connectivity index (χ1) is 12.8. The summed E-state index contributed by atoms with van der Waals surface area (Å²) in [6, 6.07) is 6.41. The molecule has 2 aliphatic heterocycles. The Balaban J connectivity index is 1.53. The molecule has 1 N–H and O–H groups in total. The van der Waals surface area contributed by atoms with E-state index in [-0.39, 0.29) is 24.1 Å². The summed E-state index contributed by atoms with van der Waals surface area (Å²) in [4.78, 5) is 40.2. The summed E-state index contributed by atoms with van der Waals surface area (Å²) in [5.74, 6) is -2.30. The zero-order valence-electron chi connectivity index (χ0n) is 15.3. The Kier molecular flexibility index (Phi) is 4.01. The van der Waals surface area contributed by atoms with E-state index in [9.17, 15) is 23.9 Å². The molecule has 2 saturated heterocycles. The highest BCUT2D eigenvalue weighted by Crippen LogP contribution is 2.51. The molecule has 0 bridgehead atoms. The first-order valence-corrected chi connectivity index (χ1v) is 9.36. The summed E-state index contributed by atoms with van der Waals surface area (Å²) in [6.45, 7) is 0.771. The van der Waals surface area contributed by atoms with E-state index in [1.165, 1.54) is 6.07 Å². The molecule has 6 nitrogen and oxygen atoms in total. The second-order valence-corrected chi connectivity index (χ2v) is 8.01. The van der Waals surface area contributed by atoms with Gasteiger partial charge in [-0.05, 0) is 31.7 Å². The minimum atomic E-state index is -0.961. The van der Waals surface area contributed by atoms with Crippen LogP contribution in [0.1, 0.15) is 37.7 Å². The molecule has 7 heteroatoms. The van der Waals surface area contributed by atoms with E-state index in [1.807, 2.05) is 0 Å². The van der Waals surface area contributed by atoms with Gasteiger partial charge in [-0.3, -0.25) is 14.4 Å². The van der Waals surface area contributed by atoms with Gasteiger partial charge in [0.05, 0.1) is 16.9 Å². The summed E-state index contributed by atoms with van der Waals surface area (Å²) < 4.78 is 14.2. The zero-order valence-corrected chi connectivity index (χ0v) is 15.3. The number of nitrogens with zero attached hydrogens (tertiary/aromatic N) is 2. The Labute approximate surface area is 156 Å². The summed E-state index contributed by atoms with van der Waals surface area (Å²) in [7, 11) is 1.66. The molecule has 1 atom stereocenters. The van der Waals surface area contributed by atoms with Crippen LogP contribution < -0.4 is 0 Å². The summed E-state index contributed by atoms with van der Waals surface area (Å²) in [5.41, 5.74) is -1.06. The topological polar surface area (TPSA) is 77.9 Å². The number of carbonyl (C=O) groups excluding carboxylic acids is 2. The normalized spacial score (nSPS) is 25.7. The summed E-state index contributed by atoms with van der Waals surface area (Å²) in [5, 5.41) is 9.56. The molecule has 1 unspecified atom stereocenters. The fraction of sp³-hybridized carbons (Fsp3) is 0.550. The van der Waals surface area contributed by atoms with Crippen LogP contribution in [0.2, 0.25) is 0 Å². The van der Waals surface area contributed by atoms with E-state index < -0.39 is 22.8 Å². The quantitative estimate of drug-likeness (QED) is 0.875. The van der Waals surface area contributed by atoms with Crippen molar-refractivity contribution in [1.82, 2.24) is 9.80 Å². The Morgan fingerprint density at radius 2 is 1.78 bits per heavy atom. The Morgan fingerprint density at radius 3 is 2.33 bits per heavy atom. The molecule has 2 heterocycles. The molecule has 0 radical (unpaired) electrons. The fourth-order valence-corrected chi connectivity index (χ4v) is 4.96. The third-order valence-corrected chi connectivity index (χ3v) is 6.83. The first kappa shape index (κ1) is 17.9. The molecule has 1 aliphatic carbocycles. The monoisotopic (exact) mass is 374 g/mol. The minimum Gasteiger partial charge on any atom is -0.481 e. The number of hydrogen-bond acceptors (Lipinski definition) is 3. The van der Waals surface area contributed by atoms with Crippen molar-refractivity contribution in [2.24, 2.45) is 5.92 Å². The molecule has 1 aromatic rings.